The second-order valence-corrected chi connectivity index (χ2v) is 3.57. The van der Waals surface area contributed by atoms with E-state index in [2.05, 4.69) is 0 Å². The first-order chi connectivity index (χ1) is 8.19. The van der Waals surface area contributed by atoms with Crippen LogP contribution in [0.1, 0.15) is 0 Å². The predicted octanol–water partition coefficient (Wildman–Crippen LogP) is 2.65. The molecule has 88 valence electrons. The highest BCUT2D eigenvalue weighted by Crippen LogP contribution is 2.28. The summed E-state index contributed by atoms with van der Waals surface area (Å²) in [5.74, 6) is 2.07. The number of methoxy groups -OCH3 is 1. The van der Waals surface area contributed by atoms with E-state index in [0.29, 0.717) is 22.9 Å². The molecule has 0 saturated heterocycles. The molecule has 0 heterocycles. The standard InChI is InChI=1S/C13H14N2O2/c1-16-9-3-2-4-10(7-9)17-11-5-6-12(14)13(15)8-11/h2-8H,14-15H2,1H3. The summed E-state index contributed by atoms with van der Waals surface area (Å²) in [5, 5.41) is 0. The Morgan fingerprint density at radius 1 is 0.824 bits per heavy atom. The number of hydrogen-bond acceptors (Lipinski definition) is 4. The zero-order valence-corrected chi connectivity index (χ0v) is 9.51. The van der Waals surface area contributed by atoms with Gasteiger partial charge in [0.25, 0.3) is 0 Å². The highest BCUT2D eigenvalue weighted by Gasteiger charge is 2.01. The van der Waals surface area contributed by atoms with Crippen LogP contribution in [0.5, 0.6) is 17.2 Å². The average Bonchev–Trinajstić information content (AvgIpc) is 2.34. The van der Waals surface area contributed by atoms with Gasteiger partial charge in [-0.3, -0.25) is 0 Å². The minimum absolute atomic E-state index is 0.505. The number of rotatable bonds is 3. The van der Waals surface area contributed by atoms with Crippen LogP contribution in [-0.4, -0.2) is 7.11 Å². The molecule has 4 N–H and O–H groups in total. The monoisotopic (exact) mass is 230 g/mol. The summed E-state index contributed by atoms with van der Waals surface area (Å²) in [6, 6.07) is 12.5. The maximum atomic E-state index is 5.70. The fourth-order valence-corrected chi connectivity index (χ4v) is 1.42. The Bertz CT molecular complexity index is 527. The Kier molecular flexibility index (Phi) is 3.05. The smallest absolute Gasteiger partial charge is 0.131 e. The number of hydrogen-bond donors (Lipinski definition) is 2. The van der Waals surface area contributed by atoms with Gasteiger partial charge in [0.05, 0.1) is 18.5 Å². The maximum Gasteiger partial charge on any atom is 0.131 e. The van der Waals surface area contributed by atoms with Crippen molar-refractivity contribution in [3.8, 4) is 17.2 Å². The molecule has 2 rings (SSSR count). The molecule has 0 unspecified atom stereocenters. The number of nitrogen functional groups attached to an aromatic ring is 2. The predicted molar refractivity (Wildman–Crippen MR) is 68.3 cm³/mol. The number of anilines is 2. The van der Waals surface area contributed by atoms with Crippen LogP contribution in [0.15, 0.2) is 42.5 Å². The second kappa shape index (κ2) is 4.65. The molecule has 4 nitrogen and oxygen atoms in total. The first kappa shape index (κ1) is 11.1. The minimum atomic E-state index is 0.505. The zero-order chi connectivity index (χ0) is 12.3. The van der Waals surface area contributed by atoms with Crippen molar-refractivity contribution in [2.45, 2.75) is 0 Å². The molecule has 17 heavy (non-hydrogen) atoms. The van der Waals surface area contributed by atoms with Crippen molar-refractivity contribution in [2.75, 3.05) is 18.6 Å². The van der Waals surface area contributed by atoms with Crippen LogP contribution in [0.25, 0.3) is 0 Å². The van der Waals surface area contributed by atoms with Crippen molar-refractivity contribution >= 4 is 11.4 Å². The number of ether oxygens (including phenoxy) is 2. The molecule has 0 bridgehead atoms. The Morgan fingerprint density at radius 2 is 1.53 bits per heavy atom. The summed E-state index contributed by atoms with van der Waals surface area (Å²) in [5.41, 5.74) is 12.4. The fraction of sp³-hybridized carbons (Fsp3) is 0.0769. The summed E-state index contributed by atoms with van der Waals surface area (Å²) in [6.07, 6.45) is 0. The Hall–Kier alpha value is -2.36. The van der Waals surface area contributed by atoms with Gasteiger partial charge < -0.3 is 20.9 Å². The highest BCUT2D eigenvalue weighted by molar-refractivity contribution is 5.65. The second-order valence-electron chi connectivity index (χ2n) is 3.57. The summed E-state index contributed by atoms with van der Waals surface area (Å²) >= 11 is 0. The van der Waals surface area contributed by atoms with Crippen LogP contribution >= 0.6 is 0 Å². The Morgan fingerprint density at radius 3 is 2.24 bits per heavy atom. The van der Waals surface area contributed by atoms with Crippen LogP contribution in [0, 0.1) is 0 Å². The van der Waals surface area contributed by atoms with E-state index in [1.165, 1.54) is 0 Å². The van der Waals surface area contributed by atoms with Crippen LogP contribution in [0.4, 0.5) is 11.4 Å². The molecule has 0 atom stereocenters. The molecule has 2 aromatic rings. The zero-order valence-electron chi connectivity index (χ0n) is 9.51. The van der Waals surface area contributed by atoms with Gasteiger partial charge >= 0.3 is 0 Å². The third-order valence-electron chi connectivity index (χ3n) is 2.34. The molecule has 4 heteroatoms. The van der Waals surface area contributed by atoms with E-state index in [9.17, 15) is 0 Å². The molecule has 0 aliphatic rings. The quantitative estimate of drug-likeness (QED) is 0.795. The van der Waals surface area contributed by atoms with E-state index in [-0.39, 0.29) is 0 Å². The normalized spacial score (nSPS) is 9.94. The first-order valence-electron chi connectivity index (χ1n) is 5.16. The van der Waals surface area contributed by atoms with E-state index in [4.69, 9.17) is 20.9 Å². The van der Waals surface area contributed by atoms with Crippen molar-refractivity contribution in [3.05, 3.63) is 42.5 Å². The first-order valence-corrected chi connectivity index (χ1v) is 5.16. The third kappa shape index (κ3) is 2.60. The Balaban J connectivity index is 2.22. The number of nitrogens with two attached hydrogens (primary N) is 2. The molecular weight excluding hydrogens is 216 g/mol. The molecular formula is C13H14N2O2. The van der Waals surface area contributed by atoms with Gasteiger partial charge in [-0.25, -0.2) is 0 Å². The lowest BCUT2D eigenvalue weighted by Gasteiger charge is -2.08. The van der Waals surface area contributed by atoms with E-state index in [1.54, 1.807) is 31.4 Å². The van der Waals surface area contributed by atoms with Gasteiger partial charge in [-0.1, -0.05) is 6.07 Å². The molecule has 0 aliphatic carbocycles. The molecule has 0 spiro atoms. The van der Waals surface area contributed by atoms with E-state index >= 15 is 0 Å². The van der Waals surface area contributed by atoms with Crippen LogP contribution < -0.4 is 20.9 Å². The molecule has 0 fully saturated rings. The van der Waals surface area contributed by atoms with Crippen LogP contribution in [-0.2, 0) is 0 Å². The van der Waals surface area contributed by atoms with Crippen molar-refractivity contribution in [2.24, 2.45) is 0 Å². The van der Waals surface area contributed by atoms with Gasteiger partial charge in [0.1, 0.15) is 17.2 Å². The van der Waals surface area contributed by atoms with E-state index in [1.807, 2.05) is 18.2 Å². The summed E-state index contributed by atoms with van der Waals surface area (Å²) in [7, 11) is 1.61. The van der Waals surface area contributed by atoms with Crippen molar-refractivity contribution in [3.63, 3.8) is 0 Å². The van der Waals surface area contributed by atoms with E-state index < -0.39 is 0 Å². The lowest BCUT2D eigenvalue weighted by atomic mass is 10.2. The lowest BCUT2D eigenvalue weighted by molar-refractivity contribution is 0.409. The SMILES string of the molecule is COc1cccc(Oc2ccc(N)c(N)c2)c1. The van der Waals surface area contributed by atoms with Gasteiger partial charge in [-0.2, -0.15) is 0 Å². The lowest BCUT2D eigenvalue weighted by Crippen LogP contribution is -1.94. The third-order valence-corrected chi connectivity index (χ3v) is 2.34. The molecule has 0 saturated carbocycles. The van der Waals surface area contributed by atoms with Gasteiger partial charge in [0.15, 0.2) is 0 Å². The molecule has 0 amide bonds. The fourth-order valence-electron chi connectivity index (χ4n) is 1.42. The van der Waals surface area contributed by atoms with Crippen molar-refractivity contribution in [1.29, 1.82) is 0 Å². The van der Waals surface area contributed by atoms with Gasteiger partial charge in [-0.15, -0.1) is 0 Å². The summed E-state index contributed by atoms with van der Waals surface area (Å²) < 4.78 is 10.8. The Labute approximate surface area is 99.8 Å². The molecule has 0 radical (unpaired) electrons. The van der Waals surface area contributed by atoms with Gasteiger partial charge in [0.2, 0.25) is 0 Å². The van der Waals surface area contributed by atoms with Gasteiger partial charge in [0, 0.05) is 12.1 Å². The molecule has 0 aromatic heterocycles. The largest absolute Gasteiger partial charge is 0.497 e. The highest BCUT2D eigenvalue weighted by atomic mass is 16.5. The minimum Gasteiger partial charge on any atom is -0.497 e. The van der Waals surface area contributed by atoms with Gasteiger partial charge in [-0.05, 0) is 24.3 Å². The van der Waals surface area contributed by atoms with Crippen LogP contribution in [0.3, 0.4) is 0 Å². The molecule has 2 aromatic carbocycles. The topological polar surface area (TPSA) is 70.5 Å². The maximum absolute atomic E-state index is 5.70. The van der Waals surface area contributed by atoms with E-state index in [0.717, 1.165) is 5.75 Å². The van der Waals surface area contributed by atoms with Crippen molar-refractivity contribution < 1.29 is 9.47 Å². The van der Waals surface area contributed by atoms with Crippen LogP contribution in [0.2, 0.25) is 0 Å². The summed E-state index contributed by atoms with van der Waals surface area (Å²) in [6.45, 7) is 0. The average molecular weight is 230 g/mol. The van der Waals surface area contributed by atoms with Crippen molar-refractivity contribution in [1.82, 2.24) is 0 Å². The summed E-state index contributed by atoms with van der Waals surface area (Å²) in [4.78, 5) is 0. The number of benzene rings is 2. The molecule has 0 aliphatic heterocycles.